The van der Waals surface area contributed by atoms with Crippen molar-refractivity contribution in [1.82, 2.24) is 0 Å². The number of carbonyl (C=O) groups is 3. The van der Waals surface area contributed by atoms with E-state index in [1.165, 1.54) is 26.4 Å². The number of rotatable bonds is 5. The number of nitrogens with one attached hydrogen (secondary N) is 1. The van der Waals surface area contributed by atoms with Crippen molar-refractivity contribution in [3.63, 3.8) is 0 Å². The summed E-state index contributed by atoms with van der Waals surface area (Å²) < 4.78 is 9.70. The Morgan fingerprint density at radius 2 is 1.59 bits per heavy atom. The van der Waals surface area contributed by atoms with Crippen LogP contribution in [0.15, 0.2) is 59.3 Å². The quantitative estimate of drug-likeness (QED) is 0.628. The van der Waals surface area contributed by atoms with Crippen molar-refractivity contribution in [3.8, 4) is 5.75 Å². The molecule has 0 aromatic heterocycles. The molecule has 0 spiro atoms. The van der Waals surface area contributed by atoms with Crippen LogP contribution in [0.25, 0.3) is 0 Å². The summed E-state index contributed by atoms with van der Waals surface area (Å²) in [6.07, 6.45) is 0. The van der Waals surface area contributed by atoms with Gasteiger partial charge >= 0.3 is 5.97 Å². The maximum Gasteiger partial charge on any atom is 0.337 e. The summed E-state index contributed by atoms with van der Waals surface area (Å²) in [5.41, 5.74) is 1.19. The number of imide groups is 1. The molecule has 0 radical (unpaired) electrons. The van der Waals surface area contributed by atoms with E-state index in [-0.39, 0.29) is 10.7 Å². The Kier molecular flexibility index (Phi) is 5.14. The Hall–Kier alpha value is -3.32. The van der Waals surface area contributed by atoms with Crippen molar-refractivity contribution in [2.24, 2.45) is 0 Å². The predicted octanol–water partition coefficient (Wildman–Crippen LogP) is 2.92. The lowest BCUT2D eigenvalue weighted by molar-refractivity contribution is -0.120. The second-order valence-electron chi connectivity index (χ2n) is 5.53. The molecule has 2 amide bonds. The lowest BCUT2D eigenvalue weighted by Gasteiger charge is -2.15. The van der Waals surface area contributed by atoms with Gasteiger partial charge in [0.1, 0.15) is 16.5 Å². The molecule has 2 aromatic rings. The van der Waals surface area contributed by atoms with Crippen LogP contribution in [0.1, 0.15) is 10.4 Å². The zero-order valence-electron chi connectivity index (χ0n) is 14.5. The van der Waals surface area contributed by atoms with Crippen molar-refractivity contribution in [2.75, 3.05) is 24.4 Å². The van der Waals surface area contributed by atoms with E-state index < -0.39 is 17.8 Å². The number of halogens is 1. The van der Waals surface area contributed by atoms with Crippen LogP contribution in [0, 0.1) is 0 Å². The van der Waals surface area contributed by atoms with Crippen LogP contribution in [0.3, 0.4) is 0 Å². The smallest absolute Gasteiger partial charge is 0.337 e. The third-order valence-electron chi connectivity index (χ3n) is 3.93. The van der Waals surface area contributed by atoms with Gasteiger partial charge in [-0.1, -0.05) is 11.6 Å². The minimum Gasteiger partial charge on any atom is -0.497 e. The van der Waals surface area contributed by atoms with Crippen LogP contribution in [0.4, 0.5) is 11.4 Å². The molecule has 138 valence electrons. The van der Waals surface area contributed by atoms with Gasteiger partial charge in [0.2, 0.25) is 0 Å². The number of hydrogen-bond acceptors (Lipinski definition) is 6. The van der Waals surface area contributed by atoms with E-state index in [1.807, 2.05) is 0 Å². The van der Waals surface area contributed by atoms with Crippen LogP contribution in [-0.4, -0.2) is 32.0 Å². The highest BCUT2D eigenvalue weighted by Gasteiger charge is 2.38. The van der Waals surface area contributed by atoms with E-state index in [4.69, 9.17) is 16.3 Å². The van der Waals surface area contributed by atoms with Crippen molar-refractivity contribution in [1.29, 1.82) is 0 Å². The van der Waals surface area contributed by atoms with E-state index in [2.05, 4.69) is 10.1 Å². The van der Waals surface area contributed by atoms with Gasteiger partial charge in [0.25, 0.3) is 11.8 Å². The Morgan fingerprint density at radius 1 is 0.963 bits per heavy atom. The van der Waals surface area contributed by atoms with E-state index in [9.17, 15) is 14.4 Å². The van der Waals surface area contributed by atoms with E-state index in [1.54, 1.807) is 36.4 Å². The lowest BCUT2D eigenvalue weighted by atomic mass is 10.2. The molecule has 3 rings (SSSR count). The number of anilines is 2. The topological polar surface area (TPSA) is 84.9 Å². The summed E-state index contributed by atoms with van der Waals surface area (Å²) in [5.74, 6) is -1.08. The van der Waals surface area contributed by atoms with Gasteiger partial charge in [-0.25, -0.2) is 9.69 Å². The van der Waals surface area contributed by atoms with Gasteiger partial charge < -0.3 is 14.8 Å². The second kappa shape index (κ2) is 7.51. The minimum absolute atomic E-state index is 0.0386. The van der Waals surface area contributed by atoms with Gasteiger partial charge in [-0.15, -0.1) is 0 Å². The molecule has 0 atom stereocenters. The number of amides is 2. The molecular formula is C19H15ClN2O5. The molecular weight excluding hydrogens is 372 g/mol. The van der Waals surface area contributed by atoms with Crippen molar-refractivity contribution in [3.05, 3.63) is 64.8 Å². The fourth-order valence-electron chi connectivity index (χ4n) is 2.53. The largest absolute Gasteiger partial charge is 0.497 e. The standard InChI is InChI=1S/C19H15ClN2O5/c1-26-14-9-7-13(8-10-14)22-17(23)15(20)16(18(22)24)21-12-5-3-11(4-6-12)19(25)27-2/h3-10,21H,1-2H3. The first-order chi connectivity index (χ1) is 13.0. The van der Waals surface area contributed by atoms with Crippen LogP contribution < -0.4 is 15.0 Å². The third-order valence-corrected chi connectivity index (χ3v) is 4.28. The van der Waals surface area contributed by atoms with E-state index >= 15 is 0 Å². The fourth-order valence-corrected chi connectivity index (χ4v) is 2.74. The third kappa shape index (κ3) is 3.50. The van der Waals surface area contributed by atoms with Gasteiger partial charge in [-0.05, 0) is 48.5 Å². The zero-order valence-corrected chi connectivity index (χ0v) is 15.2. The average molecular weight is 387 g/mol. The van der Waals surface area contributed by atoms with Crippen LogP contribution in [-0.2, 0) is 14.3 Å². The van der Waals surface area contributed by atoms with E-state index in [0.29, 0.717) is 22.7 Å². The van der Waals surface area contributed by atoms with Gasteiger partial charge in [0.05, 0.1) is 25.5 Å². The maximum atomic E-state index is 12.7. The first-order valence-electron chi connectivity index (χ1n) is 7.84. The molecule has 1 aliphatic heterocycles. The van der Waals surface area contributed by atoms with Gasteiger partial charge in [0, 0.05) is 5.69 Å². The first kappa shape index (κ1) is 18.5. The molecule has 8 heteroatoms. The summed E-state index contributed by atoms with van der Waals surface area (Å²) in [5, 5.41) is 2.62. The van der Waals surface area contributed by atoms with Gasteiger partial charge in [-0.3, -0.25) is 9.59 Å². The van der Waals surface area contributed by atoms with Crippen molar-refractivity contribution >= 4 is 40.8 Å². The predicted molar refractivity (Wildman–Crippen MR) is 99.8 cm³/mol. The van der Waals surface area contributed by atoms with Gasteiger partial charge in [-0.2, -0.15) is 0 Å². The van der Waals surface area contributed by atoms with Crippen LogP contribution in [0.5, 0.6) is 5.75 Å². The van der Waals surface area contributed by atoms with Crippen LogP contribution in [0.2, 0.25) is 0 Å². The monoisotopic (exact) mass is 386 g/mol. The first-order valence-corrected chi connectivity index (χ1v) is 8.22. The lowest BCUT2D eigenvalue weighted by Crippen LogP contribution is -2.32. The molecule has 7 nitrogen and oxygen atoms in total. The molecule has 0 fully saturated rings. The average Bonchev–Trinajstić information content (AvgIpc) is 2.91. The molecule has 1 aliphatic rings. The summed E-state index contributed by atoms with van der Waals surface area (Å²) in [4.78, 5) is 37.6. The second-order valence-corrected chi connectivity index (χ2v) is 5.90. The van der Waals surface area contributed by atoms with E-state index in [0.717, 1.165) is 4.90 Å². The van der Waals surface area contributed by atoms with Gasteiger partial charge in [0.15, 0.2) is 0 Å². The van der Waals surface area contributed by atoms with Crippen molar-refractivity contribution < 1.29 is 23.9 Å². The number of nitrogens with zero attached hydrogens (tertiary/aromatic N) is 1. The number of hydrogen-bond donors (Lipinski definition) is 1. The molecule has 1 heterocycles. The SMILES string of the molecule is COC(=O)c1ccc(NC2=C(Cl)C(=O)N(c3ccc(OC)cc3)C2=O)cc1. The molecule has 0 saturated heterocycles. The minimum atomic E-state index is -0.625. The summed E-state index contributed by atoms with van der Waals surface area (Å²) >= 11 is 6.09. The Labute approximate surface area is 160 Å². The number of benzene rings is 2. The molecule has 0 saturated carbocycles. The summed E-state index contributed by atoms with van der Waals surface area (Å²) in [6, 6.07) is 12.7. The number of esters is 1. The zero-order chi connectivity index (χ0) is 19.6. The number of methoxy groups -OCH3 is 2. The Morgan fingerprint density at radius 3 is 2.15 bits per heavy atom. The number of ether oxygens (including phenoxy) is 2. The molecule has 27 heavy (non-hydrogen) atoms. The Balaban J connectivity index is 1.82. The molecule has 2 aromatic carbocycles. The Bertz CT molecular complexity index is 936. The molecule has 1 N–H and O–H groups in total. The van der Waals surface area contributed by atoms with Crippen LogP contribution >= 0.6 is 11.6 Å². The highest BCUT2D eigenvalue weighted by atomic mass is 35.5. The maximum absolute atomic E-state index is 12.7. The molecule has 0 unspecified atom stereocenters. The molecule has 0 bridgehead atoms. The fraction of sp³-hybridized carbons (Fsp3) is 0.105. The number of carbonyl (C=O) groups excluding carboxylic acids is 3. The highest BCUT2D eigenvalue weighted by Crippen LogP contribution is 2.31. The highest BCUT2D eigenvalue weighted by molar-refractivity contribution is 6.53. The molecule has 0 aliphatic carbocycles. The summed E-state index contributed by atoms with van der Waals surface area (Å²) in [7, 11) is 2.81. The summed E-state index contributed by atoms with van der Waals surface area (Å²) in [6.45, 7) is 0. The normalized spacial score (nSPS) is 13.8. The van der Waals surface area contributed by atoms with Crippen molar-refractivity contribution in [2.45, 2.75) is 0 Å².